The fraction of sp³-hybridized carbons (Fsp3) is 0.375. The maximum absolute atomic E-state index is 13.2. The Bertz CT molecular complexity index is 1120. The third kappa shape index (κ3) is 4.07. The largest absolute Gasteiger partial charge is 0.340 e. The predicted octanol–water partition coefficient (Wildman–Crippen LogP) is 4.43. The number of carbonyl (C=O) groups is 2. The molecule has 2 N–H and O–H groups in total. The van der Waals surface area contributed by atoms with E-state index in [9.17, 15) is 9.59 Å². The van der Waals surface area contributed by atoms with Crippen LogP contribution >= 0.6 is 11.8 Å². The lowest BCUT2D eigenvalue weighted by molar-refractivity contribution is 0.0772. The van der Waals surface area contributed by atoms with Crippen molar-refractivity contribution in [3.8, 4) is 0 Å². The molecule has 3 aromatic rings. The van der Waals surface area contributed by atoms with E-state index in [1.165, 1.54) is 0 Å². The molecule has 1 atom stereocenters. The molecule has 3 heterocycles. The first-order valence-corrected chi connectivity index (χ1v) is 12.3. The van der Waals surface area contributed by atoms with E-state index in [0.29, 0.717) is 17.8 Å². The third-order valence-corrected chi connectivity index (χ3v) is 7.20. The van der Waals surface area contributed by atoms with Gasteiger partial charge in [-0.1, -0.05) is 18.2 Å². The number of likely N-dealkylation sites (tertiary alicyclic amines) is 1. The summed E-state index contributed by atoms with van der Waals surface area (Å²) < 4.78 is 0. The van der Waals surface area contributed by atoms with E-state index in [1.807, 2.05) is 71.0 Å². The zero-order valence-corrected chi connectivity index (χ0v) is 19.0. The molecular weight excluding hydrogens is 422 g/mol. The molecule has 2 fully saturated rings. The molecule has 0 radical (unpaired) electrons. The van der Waals surface area contributed by atoms with Crippen molar-refractivity contribution in [3.05, 3.63) is 59.4 Å². The maximum Gasteiger partial charge on any atom is 0.322 e. The summed E-state index contributed by atoms with van der Waals surface area (Å²) in [5.74, 6) is 2.79. The highest BCUT2D eigenvalue weighted by Gasteiger charge is 2.32. The maximum atomic E-state index is 13.2. The van der Waals surface area contributed by atoms with Gasteiger partial charge in [0.1, 0.15) is 5.82 Å². The quantitative estimate of drug-likeness (QED) is 0.620. The van der Waals surface area contributed by atoms with Crippen molar-refractivity contribution >= 4 is 40.4 Å². The lowest BCUT2D eigenvalue weighted by Crippen LogP contribution is -2.38. The van der Waals surface area contributed by atoms with Gasteiger partial charge in [0, 0.05) is 42.4 Å². The number of nitrogens with one attached hydrogen (secondary N) is 2. The Morgan fingerprint density at radius 2 is 1.94 bits per heavy atom. The number of para-hydroxylation sites is 2. The van der Waals surface area contributed by atoms with Crippen LogP contribution in [0.1, 0.15) is 40.6 Å². The van der Waals surface area contributed by atoms with E-state index in [2.05, 4.69) is 10.3 Å². The zero-order chi connectivity index (χ0) is 22.1. The molecule has 5 rings (SSSR count). The Kier molecular flexibility index (Phi) is 5.78. The van der Waals surface area contributed by atoms with Gasteiger partial charge in [-0.3, -0.25) is 4.79 Å². The molecule has 2 aromatic carbocycles. The van der Waals surface area contributed by atoms with Crippen LogP contribution in [0.15, 0.2) is 42.5 Å². The lowest BCUT2D eigenvalue weighted by Gasteiger charge is -2.27. The van der Waals surface area contributed by atoms with Gasteiger partial charge < -0.3 is 20.1 Å². The first-order chi connectivity index (χ1) is 15.6. The Hall–Kier alpha value is -3.00. The minimum Gasteiger partial charge on any atom is -0.340 e. The number of aromatic amines is 1. The number of imidazole rings is 1. The minimum absolute atomic E-state index is 0.0297. The average molecular weight is 450 g/mol. The molecule has 0 spiro atoms. The molecule has 8 heteroatoms. The number of hydrogen-bond donors (Lipinski definition) is 2. The van der Waals surface area contributed by atoms with Gasteiger partial charge in [-0.2, -0.15) is 11.8 Å². The van der Waals surface area contributed by atoms with Gasteiger partial charge in [0.2, 0.25) is 0 Å². The summed E-state index contributed by atoms with van der Waals surface area (Å²) in [6.45, 7) is 4.16. The van der Waals surface area contributed by atoms with Crippen LogP contribution < -0.4 is 5.32 Å². The molecule has 0 aliphatic carbocycles. The fourth-order valence-electron chi connectivity index (χ4n) is 4.45. The second kappa shape index (κ2) is 8.86. The molecule has 1 aromatic heterocycles. The first kappa shape index (κ1) is 20.9. The average Bonchev–Trinajstić information content (AvgIpc) is 3.47. The van der Waals surface area contributed by atoms with Crippen LogP contribution in [0.25, 0.3) is 11.0 Å². The number of aromatic nitrogens is 2. The van der Waals surface area contributed by atoms with Gasteiger partial charge in [-0.25, -0.2) is 9.78 Å². The molecule has 2 aliphatic heterocycles. The molecule has 7 nitrogen and oxygen atoms in total. The van der Waals surface area contributed by atoms with Crippen molar-refractivity contribution in [2.75, 3.05) is 36.5 Å². The summed E-state index contributed by atoms with van der Waals surface area (Å²) in [6, 6.07) is 13.2. The van der Waals surface area contributed by atoms with E-state index >= 15 is 0 Å². The molecular formula is C24H27N5O2S. The SMILES string of the molecule is Cc1ccc(C(=O)N2CCSCC2)cc1NC(=O)N1CCCC1c1nc2ccccc2[nH]1. The van der Waals surface area contributed by atoms with Crippen LogP contribution in [-0.4, -0.2) is 62.8 Å². The van der Waals surface area contributed by atoms with Crippen LogP contribution in [0, 0.1) is 6.92 Å². The second-order valence-electron chi connectivity index (χ2n) is 8.36. The number of urea groups is 1. The van der Waals surface area contributed by atoms with Crippen molar-refractivity contribution in [1.29, 1.82) is 0 Å². The standard InChI is InChI=1S/C24H27N5O2S/c1-16-8-9-17(23(30)28-11-13-32-14-12-28)15-20(16)27-24(31)29-10-4-7-21(29)22-25-18-5-2-3-6-19(18)26-22/h2-3,5-6,8-9,15,21H,4,7,10-14H2,1H3,(H,25,26)(H,27,31). The van der Waals surface area contributed by atoms with Crippen LogP contribution in [0.4, 0.5) is 10.5 Å². The minimum atomic E-state index is -0.157. The molecule has 166 valence electrons. The van der Waals surface area contributed by atoms with E-state index in [4.69, 9.17) is 4.98 Å². The fourth-order valence-corrected chi connectivity index (χ4v) is 5.35. The number of anilines is 1. The molecule has 32 heavy (non-hydrogen) atoms. The number of benzene rings is 2. The monoisotopic (exact) mass is 449 g/mol. The Morgan fingerprint density at radius 1 is 1.12 bits per heavy atom. The number of hydrogen-bond acceptors (Lipinski definition) is 4. The van der Waals surface area contributed by atoms with E-state index in [-0.39, 0.29) is 18.0 Å². The van der Waals surface area contributed by atoms with Crippen LogP contribution in [-0.2, 0) is 0 Å². The number of rotatable bonds is 3. The summed E-state index contributed by atoms with van der Waals surface area (Å²) >= 11 is 1.87. The zero-order valence-electron chi connectivity index (χ0n) is 18.1. The number of aryl methyl sites for hydroxylation is 1. The lowest BCUT2D eigenvalue weighted by atomic mass is 10.1. The van der Waals surface area contributed by atoms with E-state index < -0.39 is 0 Å². The summed E-state index contributed by atoms with van der Waals surface area (Å²) in [7, 11) is 0. The van der Waals surface area contributed by atoms with Crippen LogP contribution in [0.3, 0.4) is 0 Å². The van der Waals surface area contributed by atoms with E-state index in [0.717, 1.165) is 59.9 Å². The first-order valence-electron chi connectivity index (χ1n) is 11.1. The highest BCUT2D eigenvalue weighted by Crippen LogP contribution is 2.32. The van der Waals surface area contributed by atoms with Gasteiger partial charge in [0.15, 0.2) is 0 Å². The number of amides is 3. The van der Waals surface area contributed by atoms with Crippen LogP contribution in [0.2, 0.25) is 0 Å². The topological polar surface area (TPSA) is 81.3 Å². The summed E-state index contributed by atoms with van der Waals surface area (Å²) in [5, 5.41) is 3.05. The number of carbonyl (C=O) groups excluding carboxylic acids is 2. The van der Waals surface area contributed by atoms with Gasteiger partial charge in [-0.15, -0.1) is 0 Å². The van der Waals surface area contributed by atoms with Crippen molar-refractivity contribution in [1.82, 2.24) is 19.8 Å². The summed E-state index contributed by atoms with van der Waals surface area (Å²) in [4.78, 5) is 38.0. The van der Waals surface area contributed by atoms with Crippen molar-refractivity contribution in [3.63, 3.8) is 0 Å². The number of fused-ring (bicyclic) bond motifs is 1. The Morgan fingerprint density at radius 3 is 2.75 bits per heavy atom. The number of thioether (sulfide) groups is 1. The molecule has 0 bridgehead atoms. The smallest absolute Gasteiger partial charge is 0.322 e. The van der Waals surface area contributed by atoms with Crippen molar-refractivity contribution < 1.29 is 9.59 Å². The van der Waals surface area contributed by atoms with E-state index in [1.54, 1.807) is 0 Å². The molecule has 0 saturated carbocycles. The van der Waals surface area contributed by atoms with Gasteiger partial charge in [0.25, 0.3) is 5.91 Å². The molecule has 1 unspecified atom stereocenters. The van der Waals surface area contributed by atoms with Crippen molar-refractivity contribution in [2.24, 2.45) is 0 Å². The number of nitrogens with zero attached hydrogens (tertiary/aromatic N) is 3. The highest BCUT2D eigenvalue weighted by atomic mass is 32.2. The Labute approximate surface area is 191 Å². The molecule has 2 saturated heterocycles. The second-order valence-corrected chi connectivity index (χ2v) is 9.58. The molecule has 2 aliphatic rings. The van der Waals surface area contributed by atoms with Gasteiger partial charge in [0.05, 0.1) is 17.1 Å². The normalized spacial score (nSPS) is 18.8. The van der Waals surface area contributed by atoms with Gasteiger partial charge in [-0.05, 0) is 49.6 Å². The summed E-state index contributed by atoms with van der Waals surface area (Å²) in [5.41, 5.74) is 4.12. The van der Waals surface area contributed by atoms with Crippen LogP contribution in [0.5, 0.6) is 0 Å². The van der Waals surface area contributed by atoms with Gasteiger partial charge >= 0.3 is 6.03 Å². The van der Waals surface area contributed by atoms with Crippen molar-refractivity contribution in [2.45, 2.75) is 25.8 Å². The third-order valence-electron chi connectivity index (χ3n) is 6.26. The highest BCUT2D eigenvalue weighted by molar-refractivity contribution is 7.99. The Balaban J connectivity index is 1.34. The predicted molar refractivity (Wildman–Crippen MR) is 128 cm³/mol. The molecule has 3 amide bonds. The number of H-pyrrole nitrogens is 1. The summed E-state index contributed by atoms with van der Waals surface area (Å²) in [6.07, 6.45) is 1.80.